The van der Waals surface area contributed by atoms with E-state index in [1.807, 2.05) is 36.4 Å². The molecular weight excluding hydrogens is 290 g/mol. The van der Waals surface area contributed by atoms with Gasteiger partial charge in [-0.25, -0.2) is 0 Å². The fourth-order valence-electron chi connectivity index (χ4n) is 2.81. The fraction of sp³-hybridized carbons (Fsp3) is 0. The molecule has 4 aromatic rings. The molecule has 0 saturated carbocycles. The molecule has 0 radical (unpaired) electrons. The van der Waals surface area contributed by atoms with Crippen LogP contribution in [-0.4, -0.2) is 10.9 Å². The number of hydrogen-bond acceptors (Lipinski definition) is 4. The number of carbonyl (C=O) groups excluding carboxylic acids is 1. The van der Waals surface area contributed by atoms with Crippen molar-refractivity contribution in [3.63, 3.8) is 0 Å². The number of furan rings is 1. The molecule has 4 nitrogen and oxygen atoms in total. The molecule has 23 heavy (non-hydrogen) atoms. The van der Waals surface area contributed by atoms with Gasteiger partial charge in [-0.05, 0) is 41.1 Å². The van der Waals surface area contributed by atoms with Crippen LogP contribution in [0.2, 0.25) is 0 Å². The zero-order valence-corrected chi connectivity index (χ0v) is 12.1. The van der Waals surface area contributed by atoms with E-state index in [-0.39, 0.29) is 17.3 Å². The van der Waals surface area contributed by atoms with Gasteiger partial charge in [0.15, 0.2) is 5.76 Å². The normalized spacial score (nSPS) is 11.1. The molecule has 0 saturated heterocycles. The second-order valence-electron chi connectivity index (χ2n) is 5.38. The molecule has 112 valence electrons. The second kappa shape index (κ2) is 4.88. The molecular formula is C19H13NO3. The first-order chi connectivity index (χ1) is 11.1. The lowest BCUT2D eigenvalue weighted by atomic mass is 10.0. The number of carbonyl (C=O) groups is 1. The smallest absolute Gasteiger partial charge is 0.230 e. The molecule has 0 amide bonds. The Morgan fingerprint density at radius 3 is 2.48 bits per heavy atom. The lowest BCUT2D eigenvalue weighted by Crippen LogP contribution is -2.02. The van der Waals surface area contributed by atoms with Crippen LogP contribution < -0.4 is 5.73 Å². The molecule has 4 heteroatoms. The maximum Gasteiger partial charge on any atom is 0.230 e. The van der Waals surface area contributed by atoms with Crippen LogP contribution in [0.3, 0.4) is 0 Å². The Kier molecular flexibility index (Phi) is 2.84. The maximum atomic E-state index is 12.6. The summed E-state index contributed by atoms with van der Waals surface area (Å²) in [5, 5.41) is 12.1. The van der Waals surface area contributed by atoms with Gasteiger partial charge in [0.1, 0.15) is 11.3 Å². The highest BCUT2D eigenvalue weighted by molar-refractivity contribution is 6.19. The van der Waals surface area contributed by atoms with Crippen molar-refractivity contribution in [2.45, 2.75) is 0 Å². The summed E-state index contributed by atoms with van der Waals surface area (Å²) in [6.07, 6.45) is 0. The van der Waals surface area contributed by atoms with E-state index in [2.05, 4.69) is 0 Å². The van der Waals surface area contributed by atoms with E-state index in [0.29, 0.717) is 16.8 Å². The largest absolute Gasteiger partial charge is 0.508 e. The van der Waals surface area contributed by atoms with E-state index in [4.69, 9.17) is 10.2 Å². The van der Waals surface area contributed by atoms with Crippen LogP contribution in [0, 0.1) is 0 Å². The van der Waals surface area contributed by atoms with Crippen molar-refractivity contribution in [1.82, 2.24) is 0 Å². The van der Waals surface area contributed by atoms with Crippen molar-refractivity contribution < 1.29 is 14.3 Å². The van der Waals surface area contributed by atoms with Gasteiger partial charge in [-0.15, -0.1) is 0 Å². The van der Waals surface area contributed by atoms with Crippen LogP contribution in [0.4, 0.5) is 5.69 Å². The van der Waals surface area contributed by atoms with Crippen molar-refractivity contribution in [3.05, 3.63) is 72.0 Å². The number of phenols is 1. The van der Waals surface area contributed by atoms with E-state index < -0.39 is 0 Å². The quantitative estimate of drug-likeness (QED) is 0.546. The molecule has 0 aliphatic rings. The summed E-state index contributed by atoms with van der Waals surface area (Å²) in [5.41, 5.74) is 7.55. The van der Waals surface area contributed by atoms with Gasteiger partial charge < -0.3 is 15.3 Å². The van der Waals surface area contributed by atoms with Gasteiger partial charge in [-0.2, -0.15) is 0 Å². The third-order valence-electron chi connectivity index (χ3n) is 3.95. The van der Waals surface area contributed by atoms with E-state index in [9.17, 15) is 9.90 Å². The zero-order chi connectivity index (χ0) is 16.0. The molecule has 0 spiro atoms. The van der Waals surface area contributed by atoms with E-state index in [1.165, 1.54) is 12.1 Å². The van der Waals surface area contributed by atoms with E-state index >= 15 is 0 Å². The van der Waals surface area contributed by atoms with Gasteiger partial charge in [-0.3, -0.25) is 4.79 Å². The third kappa shape index (κ3) is 2.04. The number of benzene rings is 3. The molecule has 0 aliphatic heterocycles. The van der Waals surface area contributed by atoms with Crippen LogP contribution in [0.1, 0.15) is 16.1 Å². The number of hydrogen-bond donors (Lipinski definition) is 2. The summed E-state index contributed by atoms with van der Waals surface area (Å²) >= 11 is 0. The average Bonchev–Trinajstić information content (AvgIpc) is 2.92. The number of phenolic OH excluding ortho intramolecular Hbond substituents is 1. The van der Waals surface area contributed by atoms with Gasteiger partial charge in [-0.1, -0.05) is 30.3 Å². The highest BCUT2D eigenvalue weighted by Crippen LogP contribution is 2.35. The Bertz CT molecular complexity index is 1050. The van der Waals surface area contributed by atoms with Gasteiger partial charge in [0.25, 0.3) is 0 Å². The highest BCUT2D eigenvalue weighted by atomic mass is 16.3. The van der Waals surface area contributed by atoms with Crippen LogP contribution in [-0.2, 0) is 0 Å². The highest BCUT2D eigenvalue weighted by Gasteiger charge is 2.21. The minimum atomic E-state index is -0.303. The van der Waals surface area contributed by atoms with Crippen LogP contribution in [0.25, 0.3) is 21.7 Å². The van der Waals surface area contributed by atoms with Crippen molar-refractivity contribution in [2.24, 2.45) is 0 Å². The molecule has 1 aromatic heterocycles. The lowest BCUT2D eigenvalue weighted by Gasteiger charge is -2.00. The summed E-state index contributed by atoms with van der Waals surface area (Å²) < 4.78 is 5.72. The molecule has 0 bridgehead atoms. The monoisotopic (exact) mass is 303 g/mol. The van der Waals surface area contributed by atoms with Crippen LogP contribution in [0.5, 0.6) is 5.75 Å². The number of anilines is 1. The van der Waals surface area contributed by atoms with Gasteiger partial charge >= 0.3 is 0 Å². The number of aromatic hydroxyl groups is 1. The maximum absolute atomic E-state index is 12.6. The van der Waals surface area contributed by atoms with Crippen molar-refractivity contribution in [3.8, 4) is 5.75 Å². The zero-order valence-electron chi connectivity index (χ0n) is 12.1. The number of fused-ring (bicyclic) bond motifs is 3. The first-order valence-electron chi connectivity index (χ1n) is 7.18. The molecule has 0 fully saturated rings. The van der Waals surface area contributed by atoms with Crippen molar-refractivity contribution >= 4 is 33.2 Å². The summed E-state index contributed by atoms with van der Waals surface area (Å²) in [5.74, 6) is -0.0741. The SMILES string of the molecule is Nc1c(C(=O)c2ccc(O)cc2)oc2ccc3ccccc3c12. The fourth-order valence-corrected chi connectivity index (χ4v) is 2.81. The van der Waals surface area contributed by atoms with Crippen molar-refractivity contribution in [2.75, 3.05) is 5.73 Å². The summed E-state index contributed by atoms with van der Waals surface area (Å²) in [4.78, 5) is 12.6. The topological polar surface area (TPSA) is 76.5 Å². The van der Waals surface area contributed by atoms with E-state index in [0.717, 1.165) is 16.2 Å². The molecule has 4 rings (SSSR count). The minimum absolute atomic E-state index is 0.102. The molecule has 3 N–H and O–H groups in total. The predicted molar refractivity (Wildman–Crippen MR) is 89.7 cm³/mol. The molecule has 1 heterocycles. The summed E-state index contributed by atoms with van der Waals surface area (Å²) in [6.45, 7) is 0. The Labute approximate surface area is 131 Å². The number of ketones is 1. The van der Waals surface area contributed by atoms with Crippen LogP contribution >= 0.6 is 0 Å². The molecule has 0 unspecified atom stereocenters. The van der Waals surface area contributed by atoms with E-state index in [1.54, 1.807) is 12.1 Å². The third-order valence-corrected chi connectivity index (χ3v) is 3.95. The number of nitrogens with two attached hydrogens (primary N) is 1. The van der Waals surface area contributed by atoms with Crippen molar-refractivity contribution in [1.29, 1.82) is 0 Å². The Morgan fingerprint density at radius 2 is 1.70 bits per heavy atom. The Morgan fingerprint density at radius 1 is 0.957 bits per heavy atom. The first-order valence-corrected chi connectivity index (χ1v) is 7.18. The standard InChI is InChI=1S/C19H13NO3/c20-17-16-14-4-2-1-3-11(14)7-10-15(16)23-19(17)18(22)12-5-8-13(21)9-6-12/h1-10,21H,20H2. The lowest BCUT2D eigenvalue weighted by molar-refractivity contribution is 0.101. The van der Waals surface area contributed by atoms with Gasteiger partial charge in [0.2, 0.25) is 5.78 Å². The Hall–Kier alpha value is -3.27. The average molecular weight is 303 g/mol. The second-order valence-corrected chi connectivity index (χ2v) is 5.38. The number of rotatable bonds is 2. The molecule has 3 aromatic carbocycles. The summed E-state index contributed by atoms with van der Waals surface area (Å²) in [6, 6.07) is 17.6. The minimum Gasteiger partial charge on any atom is -0.508 e. The predicted octanol–water partition coefficient (Wildman–Crippen LogP) is 4.10. The van der Waals surface area contributed by atoms with Gasteiger partial charge in [0.05, 0.1) is 11.1 Å². The number of nitrogen functional groups attached to an aromatic ring is 1. The Balaban J connectivity index is 1.94. The first kappa shape index (κ1) is 13.4. The molecule has 0 atom stereocenters. The van der Waals surface area contributed by atoms with Gasteiger partial charge in [0, 0.05) is 5.56 Å². The van der Waals surface area contributed by atoms with Crippen LogP contribution in [0.15, 0.2) is 65.1 Å². The summed E-state index contributed by atoms with van der Waals surface area (Å²) in [7, 11) is 0. The molecule has 0 aliphatic carbocycles.